The molecule has 1 fully saturated rings. The number of H-pyrrole nitrogens is 1. The summed E-state index contributed by atoms with van der Waals surface area (Å²) in [6, 6.07) is 0. The van der Waals surface area contributed by atoms with E-state index in [-0.39, 0.29) is 0 Å². The number of aromatic nitrogens is 3. The Morgan fingerprint density at radius 1 is 1.89 bits per heavy atom. The maximum Gasteiger partial charge on any atom is 0.0866 e. The first-order valence-corrected chi connectivity index (χ1v) is 2.92. The predicted molar refractivity (Wildman–Crippen MR) is 29.8 cm³/mol. The van der Waals surface area contributed by atoms with E-state index in [4.69, 9.17) is 4.74 Å². The zero-order valence-corrected chi connectivity index (χ0v) is 4.87. The highest BCUT2D eigenvalue weighted by atomic mass is 16.6. The normalized spacial score (nSPS) is 24.2. The van der Waals surface area contributed by atoms with Gasteiger partial charge in [-0.1, -0.05) is 5.21 Å². The monoisotopic (exact) mass is 125 g/mol. The van der Waals surface area contributed by atoms with E-state index in [1.54, 1.807) is 6.20 Å². The van der Waals surface area contributed by atoms with Crippen LogP contribution in [0, 0.1) is 0 Å². The number of nitrogens with zero attached hydrogens (tertiary/aromatic N) is 2. The molecule has 2 rings (SSSR count). The van der Waals surface area contributed by atoms with Crippen molar-refractivity contribution in [2.75, 3.05) is 6.61 Å². The van der Waals surface area contributed by atoms with Gasteiger partial charge in [-0.15, -0.1) is 5.10 Å². The summed E-state index contributed by atoms with van der Waals surface area (Å²) in [6.45, 7) is 0.882. The Bertz CT molecular complexity index is 180. The third-order valence-corrected chi connectivity index (χ3v) is 1.31. The lowest BCUT2D eigenvalue weighted by Crippen LogP contribution is -1.92. The molecule has 0 aliphatic carbocycles. The van der Waals surface area contributed by atoms with Crippen molar-refractivity contribution in [2.24, 2.45) is 0 Å². The van der Waals surface area contributed by atoms with Crippen molar-refractivity contribution in [3.63, 3.8) is 0 Å². The molecule has 1 atom stereocenters. The molecule has 0 amide bonds. The van der Waals surface area contributed by atoms with Crippen molar-refractivity contribution in [3.05, 3.63) is 11.9 Å². The van der Waals surface area contributed by atoms with Crippen molar-refractivity contribution in [1.29, 1.82) is 0 Å². The minimum absolute atomic E-state index is 0.412. The number of rotatable bonds is 2. The number of aromatic amines is 1. The van der Waals surface area contributed by atoms with E-state index < -0.39 is 0 Å². The Labute approximate surface area is 52.2 Å². The minimum atomic E-state index is 0.412. The Morgan fingerprint density at radius 3 is 3.33 bits per heavy atom. The van der Waals surface area contributed by atoms with Gasteiger partial charge < -0.3 is 4.74 Å². The van der Waals surface area contributed by atoms with E-state index in [9.17, 15) is 0 Å². The highest BCUT2D eigenvalue weighted by molar-refractivity contribution is 4.95. The van der Waals surface area contributed by atoms with E-state index >= 15 is 0 Å². The SMILES string of the molecule is c1[nH]nnc1CC1CO1. The molecule has 0 bridgehead atoms. The topological polar surface area (TPSA) is 54.1 Å². The molecule has 1 saturated heterocycles. The van der Waals surface area contributed by atoms with Gasteiger partial charge in [0.2, 0.25) is 0 Å². The van der Waals surface area contributed by atoms with E-state index in [1.165, 1.54) is 0 Å². The van der Waals surface area contributed by atoms with E-state index in [0.717, 1.165) is 18.7 Å². The molecule has 1 aromatic rings. The fraction of sp³-hybridized carbons (Fsp3) is 0.600. The molecule has 0 spiro atoms. The second kappa shape index (κ2) is 1.80. The molecule has 4 nitrogen and oxygen atoms in total. The van der Waals surface area contributed by atoms with Crippen molar-refractivity contribution in [3.8, 4) is 0 Å². The van der Waals surface area contributed by atoms with Gasteiger partial charge in [-0.25, -0.2) is 0 Å². The Balaban J connectivity index is 1.99. The zero-order chi connectivity index (χ0) is 6.10. The van der Waals surface area contributed by atoms with Gasteiger partial charge >= 0.3 is 0 Å². The summed E-state index contributed by atoms with van der Waals surface area (Å²) in [5, 5.41) is 10.0. The maximum absolute atomic E-state index is 5.00. The molecule has 0 saturated carbocycles. The Morgan fingerprint density at radius 2 is 2.78 bits per heavy atom. The summed E-state index contributed by atoms with van der Waals surface area (Å²) in [5.41, 5.74) is 0.984. The zero-order valence-electron chi connectivity index (χ0n) is 4.87. The molecule has 1 aliphatic heterocycles. The molecule has 1 aliphatic rings. The van der Waals surface area contributed by atoms with Crippen molar-refractivity contribution < 1.29 is 4.74 Å². The highest BCUT2D eigenvalue weighted by Gasteiger charge is 2.23. The van der Waals surface area contributed by atoms with Crippen LogP contribution in [-0.2, 0) is 11.2 Å². The number of hydrogen-bond donors (Lipinski definition) is 1. The van der Waals surface area contributed by atoms with E-state index in [0.29, 0.717) is 6.10 Å². The van der Waals surface area contributed by atoms with Crippen LogP contribution in [0.25, 0.3) is 0 Å². The third-order valence-electron chi connectivity index (χ3n) is 1.31. The summed E-state index contributed by atoms with van der Waals surface area (Å²) in [5.74, 6) is 0. The van der Waals surface area contributed by atoms with Crippen LogP contribution in [0.15, 0.2) is 6.20 Å². The third kappa shape index (κ3) is 1.08. The Hall–Kier alpha value is -0.900. The van der Waals surface area contributed by atoms with Crippen LogP contribution in [0.3, 0.4) is 0 Å². The lowest BCUT2D eigenvalue weighted by atomic mass is 10.3. The molecule has 0 aromatic carbocycles. The molecule has 1 aromatic heterocycles. The first kappa shape index (κ1) is 4.93. The van der Waals surface area contributed by atoms with Crippen molar-refractivity contribution >= 4 is 0 Å². The first-order chi connectivity index (χ1) is 4.45. The van der Waals surface area contributed by atoms with Gasteiger partial charge in [0, 0.05) is 12.6 Å². The molecule has 1 unspecified atom stereocenters. The van der Waals surface area contributed by atoms with Crippen LogP contribution in [0.1, 0.15) is 5.69 Å². The number of nitrogens with one attached hydrogen (secondary N) is 1. The first-order valence-electron chi connectivity index (χ1n) is 2.92. The summed E-state index contributed by atoms with van der Waals surface area (Å²) >= 11 is 0. The van der Waals surface area contributed by atoms with E-state index in [2.05, 4.69) is 15.4 Å². The second-order valence-electron chi connectivity index (χ2n) is 2.12. The average molecular weight is 125 g/mol. The highest BCUT2D eigenvalue weighted by Crippen LogP contribution is 2.13. The van der Waals surface area contributed by atoms with Gasteiger partial charge in [0.15, 0.2) is 0 Å². The van der Waals surface area contributed by atoms with Crippen LogP contribution in [-0.4, -0.2) is 28.1 Å². The van der Waals surface area contributed by atoms with Crippen LogP contribution in [0.5, 0.6) is 0 Å². The van der Waals surface area contributed by atoms with Crippen LogP contribution in [0.2, 0.25) is 0 Å². The molecule has 48 valence electrons. The number of ether oxygens (including phenoxy) is 1. The van der Waals surface area contributed by atoms with Gasteiger partial charge in [-0.05, 0) is 0 Å². The molecule has 2 heterocycles. The predicted octanol–water partition coefficient (Wildman–Crippen LogP) is -0.254. The van der Waals surface area contributed by atoms with Crippen LogP contribution < -0.4 is 0 Å². The van der Waals surface area contributed by atoms with Crippen molar-refractivity contribution in [1.82, 2.24) is 15.4 Å². The minimum Gasteiger partial charge on any atom is -0.373 e. The van der Waals surface area contributed by atoms with Gasteiger partial charge in [0.1, 0.15) is 0 Å². The summed E-state index contributed by atoms with van der Waals surface area (Å²) < 4.78 is 5.00. The number of hydrogen-bond acceptors (Lipinski definition) is 3. The van der Waals surface area contributed by atoms with Crippen LogP contribution in [0.4, 0.5) is 0 Å². The van der Waals surface area contributed by atoms with E-state index in [1.807, 2.05) is 0 Å². The fourth-order valence-electron chi connectivity index (χ4n) is 0.744. The van der Waals surface area contributed by atoms with Crippen molar-refractivity contribution in [2.45, 2.75) is 12.5 Å². The smallest absolute Gasteiger partial charge is 0.0866 e. The molecular weight excluding hydrogens is 118 g/mol. The Kier molecular flexibility index (Phi) is 0.989. The summed E-state index contributed by atoms with van der Waals surface area (Å²) in [4.78, 5) is 0. The molecule has 0 radical (unpaired) electrons. The standard InChI is InChI=1S/C5H7N3O/c1(5-3-9-5)4-2-6-8-7-4/h2,5H,1,3H2,(H,6,7,8). The summed E-state index contributed by atoms with van der Waals surface area (Å²) in [6.07, 6.45) is 3.10. The molecule has 9 heavy (non-hydrogen) atoms. The largest absolute Gasteiger partial charge is 0.373 e. The quantitative estimate of drug-likeness (QED) is 0.554. The lowest BCUT2D eigenvalue weighted by molar-refractivity contribution is 0.406. The lowest BCUT2D eigenvalue weighted by Gasteiger charge is -1.83. The second-order valence-corrected chi connectivity index (χ2v) is 2.12. The molecule has 4 heteroatoms. The van der Waals surface area contributed by atoms with Gasteiger partial charge in [-0.2, -0.15) is 0 Å². The molecule has 1 N–H and O–H groups in total. The summed E-state index contributed by atoms with van der Waals surface area (Å²) in [7, 11) is 0. The number of epoxide rings is 1. The maximum atomic E-state index is 5.00. The van der Waals surface area contributed by atoms with Gasteiger partial charge in [-0.3, -0.25) is 5.10 Å². The van der Waals surface area contributed by atoms with Crippen LogP contribution >= 0.6 is 0 Å². The average Bonchev–Trinajstić information content (AvgIpc) is 2.46. The van der Waals surface area contributed by atoms with Gasteiger partial charge in [0.05, 0.1) is 18.4 Å². The van der Waals surface area contributed by atoms with Gasteiger partial charge in [0.25, 0.3) is 0 Å². The fourth-order valence-corrected chi connectivity index (χ4v) is 0.744. The molecular formula is C5H7N3O.